The normalized spacial score (nSPS) is 26.5. The molecule has 1 aliphatic carbocycles. The highest BCUT2D eigenvalue weighted by Gasteiger charge is 2.62. The van der Waals surface area contributed by atoms with Gasteiger partial charge in [-0.05, 0) is 65.5 Å². The van der Waals surface area contributed by atoms with Gasteiger partial charge in [0, 0.05) is 18.4 Å². The summed E-state index contributed by atoms with van der Waals surface area (Å²) in [5, 5.41) is 5.44. The van der Waals surface area contributed by atoms with Crippen LogP contribution in [0.3, 0.4) is 0 Å². The van der Waals surface area contributed by atoms with Crippen molar-refractivity contribution in [1.82, 2.24) is 25.5 Å². The van der Waals surface area contributed by atoms with Crippen molar-refractivity contribution in [3.63, 3.8) is 0 Å². The molecule has 1 aromatic heterocycles. The number of allylic oxidation sites excluding steroid dienone is 1. The fourth-order valence-corrected chi connectivity index (χ4v) is 6.41. The third-order valence-corrected chi connectivity index (χ3v) is 8.96. The Morgan fingerprint density at radius 2 is 1.86 bits per heavy atom. The number of alkyl halides is 3. The molecule has 0 bridgehead atoms. The average Bonchev–Trinajstić information content (AvgIpc) is 3.58. The molecule has 1 saturated carbocycles. The number of ether oxygens (including phenoxy) is 4. The van der Waals surface area contributed by atoms with Gasteiger partial charge in [0.25, 0.3) is 0 Å². The van der Waals surface area contributed by atoms with Gasteiger partial charge in [-0.3, -0.25) is 9.59 Å². The molecule has 0 radical (unpaired) electrons. The lowest BCUT2D eigenvalue weighted by Gasteiger charge is -2.30. The third-order valence-electron chi connectivity index (χ3n) is 8.96. The molecule has 5 rings (SSSR count). The maximum absolute atomic E-state index is 14.3. The average molecular weight is 720 g/mol. The van der Waals surface area contributed by atoms with Crippen molar-refractivity contribution < 1.29 is 51.3 Å². The van der Waals surface area contributed by atoms with E-state index in [-0.39, 0.29) is 49.4 Å². The third kappa shape index (κ3) is 8.82. The van der Waals surface area contributed by atoms with Crippen molar-refractivity contribution in [2.45, 2.75) is 108 Å². The van der Waals surface area contributed by atoms with Gasteiger partial charge < -0.3 is 34.5 Å². The van der Waals surface area contributed by atoms with Crippen LogP contribution in [-0.2, 0) is 30.0 Å². The molecule has 3 aliphatic rings. The molecule has 278 valence electrons. The molecule has 13 nitrogen and oxygen atoms in total. The molecule has 16 heteroatoms. The number of methoxy groups -OCH3 is 1. The number of esters is 1. The van der Waals surface area contributed by atoms with E-state index >= 15 is 0 Å². The molecular weight excluding hydrogens is 675 g/mol. The first-order valence-corrected chi connectivity index (χ1v) is 17.1. The van der Waals surface area contributed by atoms with Gasteiger partial charge in [0.2, 0.25) is 23.4 Å². The molecule has 1 saturated heterocycles. The van der Waals surface area contributed by atoms with Crippen LogP contribution in [0.4, 0.5) is 18.0 Å². The number of hydrogen-bond donors (Lipinski definition) is 2. The molecule has 0 spiro atoms. The molecule has 5 atom stereocenters. The molecule has 3 amide bonds. The number of amides is 3. The Hall–Kier alpha value is -4.63. The zero-order valence-electron chi connectivity index (χ0n) is 29.3. The molecule has 51 heavy (non-hydrogen) atoms. The van der Waals surface area contributed by atoms with Crippen LogP contribution in [0.1, 0.15) is 78.3 Å². The van der Waals surface area contributed by atoms with E-state index in [0.717, 1.165) is 12.8 Å². The summed E-state index contributed by atoms with van der Waals surface area (Å²) in [6.07, 6.45) is -0.125. The van der Waals surface area contributed by atoms with Crippen LogP contribution in [0.15, 0.2) is 30.4 Å². The van der Waals surface area contributed by atoms with Crippen molar-refractivity contribution in [2.24, 2.45) is 5.92 Å². The number of carbonyl (C=O) groups is 4. The smallest absolute Gasteiger partial charge is 0.438 e. The first-order valence-electron chi connectivity index (χ1n) is 17.1. The van der Waals surface area contributed by atoms with E-state index in [0.29, 0.717) is 18.6 Å². The van der Waals surface area contributed by atoms with Gasteiger partial charge in [0.1, 0.15) is 35.1 Å². The van der Waals surface area contributed by atoms with Crippen LogP contribution < -0.4 is 20.1 Å². The van der Waals surface area contributed by atoms with Gasteiger partial charge in [-0.25, -0.2) is 19.6 Å². The maximum Gasteiger partial charge on any atom is 0.438 e. The van der Waals surface area contributed by atoms with Crippen LogP contribution in [0.5, 0.6) is 11.6 Å². The summed E-state index contributed by atoms with van der Waals surface area (Å²) in [7, 11) is 1.40. The Labute approximate surface area is 293 Å². The first kappa shape index (κ1) is 37.6. The minimum Gasteiger partial charge on any atom is -0.497 e. The zero-order valence-corrected chi connectivity index (χ0v) is 29.3. The maximum atomic E-state index is 14.3. The predicted octanol–water partition coefficient (Wildman–Crippen LogP) is 4.86. The lowest BCUT2D eigenvalue weighted by Crippen LogP contribution is -2.56. The second-order valence-corrected chi connectivity index (χ2v) is 14.0. The SMILES string of the molecule is CCOC(=O)[C@@]12CC1/C=C\CCCCC[C@H](NC(=O)OC(C)(C)C)C(=O)N1C[C@H](Oc3nc4cc(OC)ccc4nc3C(F)(F)F)C[C@H]1C(=O)N2. The second-order valence-electron chi connectivity index (χ2n) is 14.0. The van der Waals surface area contributed by atoms with Gasteiger partial charge in [-0.15, -0.1) is 0 Å². The summed E-state index contributed by atoms with van der Waals surface area (Å²) in [4.78, 5) is 63.5. The van der Waals surface area contributed by atoms with Crippen molar-refractivity contribution in [1.29, 1.82) is 0 Å². The van der Waals surface area contributed by atoms with Crippen LogP contribution in [0.25, 0.3) is 11.0 Å². The summed E-state index contributed by atoms with van der Waals surface area (Å²) >= 11 is 0. The van der Waals surface area contributed by atoms with Crippen molar-refractivity contribution >= 4 is 34.9 Å². The Bertz CT molecular complexity index is 1680. The highest BCUT2D eigenvalue weighted by molar-refractivity contribution is 5.96. The summed E-state index contributed by atoms with van der Waals surface area (Å²) < 4.78 is 64.6. The van der Waals surface area contributed by atoms with Gasteiger partial charge in [0.05, 0.1) is 31.3 Å². The first-order chi connectivity index (χ1) is 24.0. The number of rotatable bonds is 6. The monoisotopic (exact) mass is 719 g/mol. The number of fused-ring (bicyclic) bond motifs is 3. The standard InChI is InChI=1S/C35H44F3N5O8/c1-6-49-31(46)34-18-20(34)12-10-8-7-9-11-13-24(41-32(47)51-33(2,3)4)30(45)43-19-22(17-26(43)28(44)42-34)50-29-27(35(36,37)38)39-23-15-14-21(48-5)16-25(23)40-29/h10,12,14-16,20,22,24,26H,6-9,11,13,17-19H2,1-5H3,(H,41,47)(H,42,44)/b12-10-/t20?,22-,24+,26+,34-/m1/s1. The van der Waals surface area contributed by atoms with E-state index in [1.54, 1.807) is 27.7 Å². The molecule has 2 fully saturated rings. The van der Waals surface area contributed by atoms with Gasteiger partial charge >= 0.3 is 18.2 Å². The molecule has 2 aliphatic heterocycles. The minimum absolute atomic E-state index is 0.0440. The quantitative estimate of drug-likeness (QED) is 0.312. The number of nitrogens with zero attached hydrogens (tertiary/aromatic N) is 3. The highest BCUT2D eigenvalue weighted by atomic mass is 19.4. The van der Waals surface area contributed by atoms with Crippen molar-refractivity contribution in [2.75, 3.05) is 20.3 Å². The fraction of sp³-hybridized carbons (Fsp3) is 0.600. The Balaban J connectivity index is 1.50. The van der Waals surface area contributed by atoms with Crippen LogP contribution in [0.2, 0.25) is 0 Å². The highest BCUT2D eigenvalue weighted by Crippen LogP contribution is 2.46. The van der Waals surface area contributed by atoms with Gasteiger partial charge in [-0.2, -0.15) is 13.2 Å². The molecular formula is C35H44F3N5O8. The summed E-state index contributed by atoms with van der Waals surface area (Å²) in [6.45, 7) is 6.42. The van der Waals surface area contributed by atoms with E-state index in [1.807, 2.05) is 12.2 Å². The van der Waals surface area contributed by atoms with E-state index in [1.165, 1.54) is 30.2 Å². The van der Waals surface area contributed by atoms with Crippen LogP contribution in [0, 0.1) is 5.92 Å². The molecule has 2 aromatic rings. The number of benzene rings is 1. The number of hydrogen-bond acceptors (Lipinski definition) is 10. The van der Waals surface area contributed by atoms with E-state index in [9.17, 15) is 32.3 Å². The lowest BCUT2D eigenvalue weighted by atomic mass is 10.0. The molecule has 2 N–H and O–H groups in total. The number of carbonyl (C=O) groups excluding carboxylic acids is 4. The molecule has 1 aromatic carbocycles. The minimum atomic E-state index is -4.95. The van der Waals surface area contributed by atoms with Crippen LogP contribution in [-0.4, -0.2) is 88.3 Å². The van der Waals surface area contributed by atoms with Crippen molar-refractivity contribution in [3.8, 4) is 11.6 Å². The number of alkyl carbamates (subject to hydrolysis) is 1. The summed E-state index contributed by atoms with van der Waals surface area (Å²) in [6, 6.07) is 1.80. The summed E-state index contributed by atoms with van der Waals surface area (Å²) in [5.74, 6) is -2.82. The molecule has 3 heterocycles. The number of nitrogens with one attached hydrogen (secondary N) is 2. The lowest BCUT2D eigenvalue weighted by molar-refractivity contribution is -0.150. The Morgan fingerprint density at radius 3 is 2.55 bits per heavy atom. The number of aromatic nitrogens is 2. The van der Waals surface area contributed by atoms with E-state index in [4.69, 9.17) is 18.9 Å². The van der Waals surface area contributed by atoms with Crippen LogP contribution >= 0.6 is 0 Å². The Morgan fingerprint density at radius 1 is 1.10 bits per heavy atom. The van der Waals surface area contributed by atoms with E-state index in [2.05, 4.69) is 20.6 Å². The topological polar surface area (TPSA) is 158 Å². The van der Waals surface area contributed by atoms with E-state index < -0.39 is 71.0 Å². The summed E-state index contributed by atoms with van der Waals surface area (Å²) in [5.41, 5.74) is -3.57. The largest absolute Gasteiger partial charge is 0.497 e. The van der Waals surface area contributed by atoms with Gasteiger partial charge in [0.15, 0.2) is 0 Å². The second kappa shape index (κ2) is 14.9. The number of halogens is 3. The fourth-order valence-electron chi connectivity index (χ4n) is 6.41. The van der Waals surface area contributed by atoms with Gasteiger partial charge in [-0.1, -0.05) is 25.0 Å². The van der Waals surface area contributed by atoms with Crippen molar-refractivity contribution in [3.05, 3.63) is 36.0 Å². The zero-order chi connectivity index (χ0) is 37.1. The Kier molecular flexibility index (Phi) is 11.0. The molecule has 1 unspecified atom stereocenters. The predicted molar refractivity (Wildman–Crippen MR) is 177 cm³/mol.